The zero-order valence-corrected chi connectivity index (χ0v) is 8.01. The fourth-order valence-corrected chi connectivity index (χ4v) is 1.08. The SMILES string of the molecule is C/C(=C\C(=O)N=[N+]=[N-])c1cccc(F)c1. The number of hydrogen-bond acceptors (Lipinski definition) is 1. The van der Waals surface area contributed by atoms with E-state index in [1.807, 2.05) is 0 Å². The minimum absolute atomic E-state index is 0.378. The third-order valence-electron chi connectivity index (χ3n) is 1.76. The van der Waals surface area contributed by atoms with Gasteiger partial charge in [-0.15, -0.1) is 0 Å². The second kappa shape index (κ2) is 4.93. The second-order valence-electron chi connectivity index (χ2n) is 2.87. The van der Waals surface area contributed by atoms with Crippen LogP contribution in [-0.4, -0.2) is 5.91 Å². The first-order valence-electron chi connectivity index (χ1n) is 4.17. The van der Waals surface area contributed by atoms with Gasteiger partial charge in [-0.2, -0.15) is 0 Å². The summed E-state index contributed by atoms with van der Waals surface area (Å²) in [6.07, 6.45) is 1.16. The molecule has 0 aromatic heterocycles. The molecule has 0 radical (unpaired) electrons. The summed E-state index contributed by atoms with van der Waals surface area (Å²) in [5, 5.41) is 2.88. The molecule has 0 saturated heterocycles. The molecule has 0 bridgehead atoms. The predicted molar refractivity (Wildman–Crippen MR) is 54.2 cm³/mol. The molecule has 0 spiro atoms. The van der Waals surface area contributed by atoms with Crippen LogP contribution in [0.1, 0.15) is 12.5 Å². The third kappa shape index (κ3) is 3.25. The maximum absolute atomic E-state index is 12.8. The number of carbonyl (C=O) groups excluding carboxylic acids is 1. The first kappa shape index (κ1) is 10.9. The Morgan fingerprint density at radius 2 is 2.33 bits per heavy atom. The van der Waals surface area contributed by atoms with Crippen molar-refractivity contribution < 1.29 is 9.18 Å². The average Bonchev–Trinajstić information content (AvgIpc) is 2.18. The molecule has 1 aromatic rings. The van der Waals surface area contributed by atoms with E-state index in [0.29, 0.717) is 11.1 Å². The molecule has 1 rings (SSSR count). The topological polar surface area (TPSA) is 65.8 Å². The van der Waals surface area contributed by atoms with Crippen molar-refractivity contribution in [2.24, 2.45) is 5.11 Å². The molecule has 1 aromatic carbocycles. The monoisotopic (exact) mass is 205 g/mol. The summed E-state index contributed by atoms with van der Waals surface area (Å²) in [7, 11) is 0. The molecule has 5 heteroatoms. The molecule has 0 N–H and O–H groups in total. The lowest BCUT2D eigenvalue weighted by Crippen LogP contribution is -1.88. The third-order valence-corrected chi connectivity index (χ3v) is 1.76. The fraction of sp³-hybridized carbons (Fsp3) is 0.100. The number of halogens is 1. The molecule has 0 saturated carbocycles. The van der Waals surface area contributed by atoms with Crippen LogP contribution >= 0.6 is 0 Å². The molecule has 0 aliphatic carbocycles. The highest BCUT2D eigenvalue weighted by Crippen LogP contribution is 2.14. The van der Waals surface area contributed by atoms with Crippen LogP contribution in [0.3, 0.4) is 0 Å². The van der Waals surface area contributed by atoms with E-state index >= 15 is 0 Å². The van der Waals surface area contributed by atoms with Crippen LogP contribution in [-0.2, 0) is 4.79 Å². The van der Waals surface area contributed by atoms with E-state index in [-0.39, 0.29) is 5.82 Å². The molecule has 0 aliphatic rings. The van der Waals surface area contributed by atoms with Crippen molar-refractivity contribution in [2.45, 2.75) is 6.92 Å². The highest BCUT2D eigenvalue weighted by Gasteiger charge is 1.99. The first-order chi connectivity index (χ1) is 7.13. The Morgan fingerprint density at radius 1 is 1.60 bits per heavy atom. The largest absolute Gasteiger partial charge is 0.288 e. The summed E-state index contributed by atoms with van der Waals surface area (Å²) < 4.78 is 12.8. The van der Waals surface area contributed by atoms with Gasteiger partial charge in [-0.1, -0.05) is 12.1 Å². The van der Waals surface area contributed by atoms with Gasteiger partial charge < -0.3 is 0 Å². The number of rotatable bonds is 2. The van der Waals surface area contributed by atoms with Crippen LogP contribution in [0.4, 0.5) is 4.39 Å². The summed E-state index contributed by atoms with van der Waals surface area (Å²) in [4.78, 5) is 13.3. The highest BCUT2D eigenvalue weighted by atomic mass is 19.1. The van der Waals surface area contributed by atoms with Gasteiger partial charge >= 0.3 is 0 Å². The average molecular weight is 205 g/mol. The van der Waals surface area contributed by atoms with E-state index in [9.17, 15) is 9.18 Å². The van der Waals surface area contributed by atoms with Crippen molar-refractivity contribution in [3.63, 3.8) is 0 Å². The first-order valence-corrected chi connectivity index (χ1v) is 4.17. The van der Waals surface area contributed by atoms with E-state index in [1.54, 1.807) is 19.1 Å². The van der Waals surface area contributed by atoms with Crippen molar-refractivity contribution in [2.75, 3.05) is 0 Å². The van der Waals surface area contributed by atoms with Crippen LogP contribution < -0.4 is 0 Å². The van der Waals surface area contributed by atoms with Crippen LogP contribution in [0.25, 0.3) is 16.0 Å². The minimum atomic E-state index is -0.695. The number of hydrogen-bond donors (Lipinski definition) is 0. The summed E-state index contributed by atoms with van der Waals surface area (Å²) in [6, 6.07) is 5.82. The van der Waals surface area contributed by atoms with Gasteiger partial charge in [0, 0.05) is 4.91 Å². The lowest BCUT2D eigenvalue weighted by atomic mass is 10.1. The van der Waals surface area contributed by atoms with Crippen LogP contribution in [0.15, 0.2) is 35.5 Å². The number of carbonyl (C=O) groups is 1. The molecule has 1 amide bonds. The molecule has 0 heterocycles. The highest BCUT2D eigenvalue weighted by molar-refractivity contribution is 5.95. The fourth-order valence-electron chi connectivity index (χ4n) is 1.08. The molecule has 4 nitrogen and oxygen atoms in total. The molecule has 76 valence electrons. The molecule has 15 heavy (non-hydrogen) atoms. The minimum Gasteiger partial charge on any atom is -0.288 e. The lowest BCUT2D eigenvalue weighted by Gasteiger charge is -1.99. The summed E-state index contributed by atoms with van der Waals surface area (Å²) >= 11 is 0. The summed E-state index contributed by atoms with van der Waals surface area (Å²) in [5.41, 5.74) is 9.14. The maximum Gasteiger partial charge on any atom is 0.242 e. The van der Waals surface area contributed by atoms with E-state index in [0.717, 1.165) is 6.08 Å². The van der Waals surface area contributed by atoms with Gasteiger partial charge in [0.25, 0.3) is 0 Å². The Balaban J connectivity index is 2.98. The predicted octanol–water partition coefficient (Wildman–Crippen LogP) is 3.07. The van der Waals surface area contributed by atoms with Crippen molar-refractivity contribution in [3.8, 4) is 0 Å². The van der Waals surface area contributed by atoms with Gasteiger partial charge in [0.1, 0.15) is 5.82 Å². The number of allylic oxidation sites excluding steroid dienone is 1. The van der Waals surface area contributed by atoms with E-state index < -0.39 is 5.91 Å². The Kier molecular flexibility index (Phi) is 3.60. The van der Waals surface area contributed by atoms with Gasteiger partial charge in [-0.3, -0.25) is 4.79 Å². The zero-order valence-electron chi connectivity index (χ0n) is 8.01. The number of benzene rings is 1. The zero-order chi connectivity index (χ0) is 11.3. The Hall–Kier alpha value is -2.13. The van der Waals surface area contributed by atoms with Crippen molar-refractivity contribution in [3.05, 3.63) is 52.2 Å². The number of amides is 1. The molecule has 0 aliphatic heterocycles. The Bertz CT molecular complexity index is 461. The van der Waals surface area contributed by atoms with Gasteiger partial charge in [0.05, 0.1) is 0 Å². The smallest absolute Gasteiger partial charge is 0.242 e. The van der Waals surface area contributed by atoms with Gasteiger partial charge in [0.15, 0.2) is 0 Å². The van der Waals surface area contributed by atoms with Gasteiger partial charge in [-0.25, -0.2) is 4.39 Å². The van der Waals surface area contributed by atoms with Crippen molar-refractivity contribution >= 4 is 11.5 Å². The quantitative estimate of drug-likeness (QED) is 0.316. The molecule has 0 atom stereocenters. The van der Waals surface area contributed by atoms with E-state index in [4.69, 9.17) is 5.53 Å². The molecular formula is C10H8FN3O. The Labute approximate surface area is 85.7 Å². The van der Waals surface area contributed by atoms with Crippen LogP contribution in [0, 0.1) is 5.82 Å². The van der Waals surface area contributed by atoms with Crippen LogP contribution in [0.5, 0.6) is 0 Å². The summed E-state index contributed by atoms with van der Waals surface area (Å²) in [5.74, 6) is -1.07. The Morgan fingerprint density at radius 3 is 2.93 bits per heavy atom. The van der Waals surface area contributed by atoms with Crippen molar-refractivity contribution in [1.29, 1.82) is 0 Å². The lowest BCUT2D eigenvalue weighted by molar-refractivity contribution is -0.113. The molecule has 0 unspecified atom stereocenters. The van der Waals surface area contributed by atoms with Crippen LogP contribution in [0.2, 0.25) is 0 Å². The van der Waals surface area contributed by atoms with Crippen molar-refractivity contribution in [1.82, 2.24) is 0 Å². The standard InChI is InChI=1S/C10H8FN3O/c1-7(5-10(15)13-14-12)8-3-2-4-9(11)6-8/h2-6H,1H3/b7-5+. The number of nitrogens with zero attached hydrogens (tertiary/aromatic N) is 3. The maximum atomic E-state index is 12.8. The molecule has 0 fully saturated rings. The van der Waals surface area contributed by atoms with E-state index in [1.165, 1.54) is 12.1 Å². The molecular weight excluding hydrogens is 197 g/mol. The van der Waals surface area contributed by atoms with Gasteiger partial charge in [0.2, 0.25) is 5.91 Å². The van der Waals surface area contributed by atoms with E-state index in [2.05, 4.69) is 10.0 Å². The second-order valence-corrected chi connectivity index (χ2v) is 2.87. The number of azide groups is 1. The normalized spacial score (nSPS) is 10.7. The van der Waals surface area contributed by atoms with Gasteiger partial charge in [-0.05, 0) is 46.9 Å². The summed E-state index contributed by atoms with van der Waals surface area (Å²) in [6.45, 7) is 1.64.